The summed E-state index contributed by atoms with van der Waals surface area (Å²) < 4.78 is 16.4. The summed E-state index contributed by atoms with van der Waals surface area (Å²) >= 11 is 0. The highest BCUT2D eigenvalue weighted by Crippen LogP contribution is 2.31. The van der Waals surface area contributed by atoms with Gasteiger partial charge in [-0.05, 0) is 67.8 Å². The summed E-state index contributed by atoms with van der Waals surface area (Å²) in [6, 6.07) is 9.47. The Morgan fingerprint density at radius 3 is 2.19 bits per heavy atom. The van der Waals surface area contributed by atoms with E-state index >= 15 is 0 Å². The van der Waals surface area contributed by atoms with Crippen LogP contribution in [0.5, 0.6) is 23.0 Å². The lowest BCUT2D eigenvalue weighted by atomic mass is 10.1. The van der Waals surface area contributed by atoms with Gasteiger partial charge in [-0.25, -0.2) is 0 Å². The second-order valence-corrected chi connectivity index (χ2v) is 6.26. The third kappa shape index (κ3) is 5.31. The molecular weight excluding hydrogens is 328 g/mol. The molecule has 0 aliphatic carbocycles. The molecule has 0 saturated heterocycles. The van der Waals surface area contributed by atoms with E-state index in [2.05, 4.69) is 0 Å². The number of phenolic OH excluding ortho intramolecular Hbond substituents is 1. The Morgan fingerprint density at radius 2 is 1.58 bits per heavy atom. The molecule has 138 valence electrons. The van der Waals surface area contributed by atoms with Crippen LogP contribution in [0.15, 0.2) is 42.0 Å². The van der Waals surface area contributed by atoms with Crippen molar-refractivity contribution >= 4 is 12.2 Å². The van der Waals surface area contributed by atoms with E-state index in [1.807, 2.05) is 63.3 Å². The zero-order valence-corrected chi connectivity index (χ0v) is 16.0. The minimum Gasteiger partial charge on any atom is -0.504 e. The molecule has 0 unspecified atom stereocenters. The first-order valence-corrected chi connectivity index (χ1v) is 8.44. The quantitative estimate of drug-likeness (QED) is 0.546. The molecule has 0 aliphatic heterocycles. The number of ether oxygens (including phenoxy) is 3. The molecule has 2 aromatic carbocycles. The smallest absolute Gasteiger partial charge is 0.161 e. The first-order valence-electron chi connectivity index (χ1n) is 8.44. The van der Waals surface area contributed by atoms with Crippen molar-refractivity contribution < 1.29 is 19.3 Å². The lowest BCUT2D eigenvalue weighted by Crippen LogP contribution is -1.95. The zero-order chi connectivity index (χ0) is 19.1. The fourth-order valence-electron chi connectivity index (χ4n) is 2.41. The van der Waals surface area contributed by atoms with Gasteiger partial charge in [-0.3, -0.25) is 0 Å². The van der Waals surface area contributed by atoms with E-state index < -0.39 is 0 Å². The highest BCUT2D eigenvalue weighted by atomic mass is 16.5. The van der Waals surface area contributed by atoms with Crippen molar-refractivity contribution in [2.75, 3.05) is 20.8 Å². The van der Waals surface area contributed by atoms with Gasteiger partial charge in [0.05, 0.1) is 14.2 Å². The Kier molecular flexibility index (Phi) is 6.73. The fourth-order valence-corrected chi connectivity index (χ4v) is 2.41. The van der Waals surface area contributed by atoms with E-state index in [4.69, 9.17) is 14.2 Å². The molecule has 0 bridgehead atoms. The number of hydrogen-bond donors (Lipinski definition) is 1. The largest absolute Gasteiger partial charge is 0.504 e. The predicted molar refractivity (Wildman–Crippen MR) is 106 cm³/mol. The Labute approximate surface area is 155 Å². The lowest BCUT2D eigenvalue weighted by molar-refractivity contribution is 0.356. The van der Waals surface area contributed by atoms with Crippen LogP contribution in [0.1, 0.15) is 30.5 Å². The number of aromatic hydroxyl groups is 1. The molecule has 0 amide bonds. The monoisotopic (exact) mass is 354 g/mol. The predicted octanol–water partition coefficient (Wildman–Crippen LogP) is 5.23. The Bertz CT molecular complexity index is 815. The van der Waals surface area contributed by atoms with Crippen LogP contribution in [0, 0.1) is 6.92 Å². The van der Waals surface area contributed by atoms with Gasteiger partial charge in [-0.15, -0.1) is 0 Å². The van der Waals surface area contributed by atoms with Gasteiger partial charge >= 0.3 is 0 Å². The summed E-state index contributed by atoms with van der Waals surface area (Å²) in [5.41, 5.74) is 3.87. The standard InChI is InChI=1S/C22H26O4/c1-15(2)8-9-26-20-12-18(11-19(14-20)24-4)7-6-17-10-16(3)22(23)21(13-17)25-5/h6-8,10-14,23H,9H2,1-5H3/b7-6+. The first-order chi connectivity index (χ1) is 12.4. The molecule has 0 heterocycles. The van der Waals surface area contributed by atoms with Gasteiger partial charge in [-0.2, -0.15) is 0 Å². The summed E-state index contributed by atoms with van der Waals surface area (Å²) in [4.78, 5) is 0. The molecule has 0 saturated carbocycles. The Morgan fingerprint density at radius 1 is 0.923 bits per heavy atom. The average molecular weight is 354 g/mol. The van der Waals surface area contributed by atoms with Crippen LogP contribution < -0.4 is 14.2 Å². The maximum Gasteiger partial charge on any atom is 0.161 e. The highest BCUT2D eigenvalue weighted by Gasteiger charge is 2.06. The number of rotatable bonds is 7. The minimum atomic E-state index is 0.168. The van der Waals surface area contributed by atoms with Gasteiger partial charge in [0.2, 0.25) is 0 Å². The molecule has 0 aromatic heterocycles. The van der Waals surface area contributed by atoms with Gasteiger partial charge < -0.3 is 19.3 Å². The molecule has 0 spiro atoms. The van der Waals surface area contributed by atoms with Crippen LogP contribution >= 0.6 is 0 Å². The minimum absolute atomic E-state index is 0.168. The first kappa shape index (κ1) is 19.4. The molecule has 2 rings (SSSR count). The van der Waals surface area contributed by atoms with Crippen LogP contribution in [-0.2, 0) is 0 Å². The fraction of sp³-hybridized carbons (Fsp3) is 0.273. The van der Waals surface area contributed by atoms with Gasteiger partial charge in [0.15, 0.2) is 11.5 Å². The van der Waals surface area contributed by atoms with Crippen LogP contribution in [0.3, 0.4) is 0 Å². The summed E-state index contributed by atoms with van der Waals surface area (Å²) in [6.07, 6.45) is 5.96. The van der Waals surface area contributed by atoms with E-state index in [-0.39, 0.29) is 5.75 Å². The van der Waals surface area contributed by atoms with Crippen molar-refractivity contribution in [2.24, 2.45) is 0 Å². The summed E-state index contributed by atoms with van der Waals surface area (Å²) in [7, 11) is 3.18. The molecule has 0 aliphatic rings. The van der Waals surface area contributed by atoms with Gasteiger partial charge in [0.25, 0.3) is 0 Å². The summed E-state index contributed by atoms with van der Waals surface area (Å²) in [5.74, 6) is 2.11. The van der Waals surface area contributed by atoms with E-state index in [0.29, 0.717) is 12.4 Å². The normalized spacial score (nSPS) is 10.7. The average Bonchev–Trinajstić information content (AvgIpc) is 2.62. The molecule has 0 radical (unpaired) electrons. The van der Waals surface area contributed by atoms with Crippen LogP contribution in [0.4, 0.5) is 0 Å². The third-order valence-electron chi connectivity index (χ3n) is 3.86. The van der Waals surface area contributed by atoms with E-state index in [0.717, 1.165) is 28.2 Å². The highest BCUT2D eigenvalue weighted by molar-refractivity contribution is 5.72. The molecule has 1 N–H and O–H groups in total. The number of allylic oxidation sites excluding steroid dienone is 1. The van der Waals surface area contributed by atoms with Crippen molar-refractivity contribution in [3.8, 4) is 23.0 Å². The molecular formula is C22H26O4. The van der Waals surface area contributed by atoms with Gasteiger partial charge in [-0.1, -0.05) is 17.7 Å². The van der Waals surface area contributed by atoms with Crippen molar-refractivity contribution in [2.45, 2.75) is 20.8 Å². The van der Waals surface area contributed by atoms with Crippen molar-refractivity contribution in [3.63, 3.8) is 0 Å². The molecule has 0 atom stereocenters. The van der Waals surface area contributed by atoms with Crippen LogP contribution in [0.2, 0.25) is 0 Å². The molecule has 0 fully saturated rings. The molecule has 4 nitrogen and oxygen atoms in total. The summed E-state index contributed by atoms with van der Waals surface area (Å²) in [5, 5.41) is 9.95. The number of methoxy groups -OCH3 is 2. The summed E-state index contributed by atoms with van der Waals surface area (Å²) in [6.45, 7) is 6.44. The lowest BCUT2D eigenvalue weighted by Gasteiger charge is -2.09. The van der Waals surface area contributed by atoms with E-state index in [1.54, 1.807) is 20.3 Å². The van der Waals surface area contributed by atoms with Crippen LogP contribution in [-0.4, -0.2) is 25.9 Å². The zero-order valence-electron chi connectivity index (χ0n) is 16.0. The SMILES string of the molecule is COc1cc(/C=C/c2cc(C)c(O)c(OC)c2)cc(OCC=C(C)C)c1. The maximum atomic E-state index is 9.95. The Balaban J connectivity index is 2.26. The molecule has 4 heteroatoms. The van der Waals surface area contributed by atoms with Crippen LogP contribution in [0.25, 0.3) is 12.2 Å². The number of benzene rings is 2. The van der Waals surface area contributed by atoms with E-state index in [1.165, 1.54) is 5.57 Å². The third-order valence-corrected chi connectivity index (χ3v) is 3.86. The van der Waals surface area contributed by atoms with E-state index in [9.17, 15) is 5.11 Å². The van der Waals surface area contributed by atoms with Gasteiger partial charge in [0, 0.05) is 6.07 Å². The van der Waals surface area contributed by atoms with Crippen molar-refractivity contribution in [1.82, 2.24) is 0 Å². The topological polar surface area (TPSA) is 47.9 Å². The number of hydrogen-bond acceptors (Lipinski definition) is 4. The van der Waals surface area contributed by atoms with Gasteiger partial charge in [0.1, 0.15) is 18.1 Å². The molecule has 26 heavy (non-hydrogen) atoms. The second kappa shape index (κ2) is 8.99. The molecule has 2 aromatic rings. The second-order valence-electron chi connectivity index (χ2n) is 6.26. The van der Waals surface area contributed by atoms with Crippen molar-refractivity contribution in [1.29, 1.82) is 0 Å². The van der Waals surface area contributed by atoms with Crippen molar-refractivity contribution in [3.05, 3.63) is 58.7 Å². The maximum absolute atomic E-state index is 9.95. The number of aryl methyl sites for hydroxylation is 1. The number of phenols is 1. The Hall–Kier alpha value is -2.88.